The van der Waals surface area contributed by atoms with Gasteiger partial charge < -0.3 is 63.4 Å². The number of ether oxygens (including phenoxy) is 9. The summed E-state index contributed by atoms with van der Waals surface area (Å²) in [6.07, 6.45) is -13.7. The molecule has 7 rings (SSSR count). The highest BCUT2D eigenvalue weighted by molar-refractivity contribution is 5.79. The number of carbonyl (C=O) groups is 1. The second-order valence-corrected chi connectivity index (χ2v) is 11.7. The van der Waals surface area contributed by atoms with E-state index in [0.717, 1.165) is 0 Å². The zero-order chi connectivity index (χ0) is 32.9. The van der Waals surface area contributed by atoms with E-state index in [1.165, 1.54) is 45.4 Å². The molecular formula is C29H32O17. The molecule has 46 heavy (non-hydrogen) atoms. The molecule has 2 aromatic rings. The van der Waals surface area contributed by atoms with Gasteiger partial charge in [0.05, 0.1) is 32.8 Å². The van der Waals surface area contributed by atoms with E-state index in [9.17, 15) is 40.5 Å². The van der Waals surface area contributed by atoms with Crippen LogP contribution in [0.25, 0.3) is 0 Å². The van der Waals surface area contributed by atoms with E-state index in [4.69, 9.17) is 42.6 Å². The number of methoxy groups -OCH3 is 2. The third kappa shape index (κ3) is 4.82. The highest BCUT2D eigenvalue weighted by atomic mass is 17.0. The first-order valence-corrected chi connectivity index (χ1v) is 14.3. The fourth-order valence-corrected chi connectivity index (χ4v) is 6.97. The topological polar surface area (TPSA) is 242 Å². The molecule has 4 heterocycles. The standard InChI is InChI=1S/C29H32O17/c1-9-41-24-21(31)22(32)27(43-25(24)28(34,35)44-9)42-23-12-7-15-14(45-29(36,37)46-15)6-11(12)18(19-13(23)8-40-26(19)33)10-4-16(38-2)20(30)17(5-10)39-3/h4-7,9,13,18-19,21-25,27,30-32,34-37H,8H2,1-3H3. The van der Waals surface area contributed by atoms with Crippen molar-refractivity contribution < 1.29 is 83.2 Å². The summed E-state index contributed by atoms with van der Waals surface area (Å²) in [6, 6.07) is 5.85. The zero-order valence-electron chi connectivity index (χ0n) is 24.5. The number of hydrogen-bond donors (Lipinski definition) is 7. The second-order valence-electron chi connectivity index (χ2n) is 11.7. The maximum atomic E-state index is 13.4. The normalized spacial score (nSPS) is 36.7. The van der Waals surface area contributed by atoms with Crippen LogP contribution in [0.15, 0.2) is 24.3 Å². The van der Waals surface area contributed by atoms with E-state index < -0.39 is 79.0 Å². The van der Waals surface area contributed by atoms with E-state index in [2.05, 4.69) is 0 Å². The first kappa shape index (κ1) is 31.1. The third-order valence-electron chi connectivity index (χ3n) is 8.92. The molecule has 1 aliphatic carbocycles. The largest absolute Gasteiger partial charge is 0.505 e. The van der Waals surface area contributed by atoms with E-state index in [1.54, 1.807) is 0 Å². The van der Waals surface area contributed by atoms with Crippen LogP contribution in [-0.2, 0) is 28.5 Å². The van der Waals surface area contributed by atoms with Crippen molar-refractivity contribution in [3.8, 4) is 28.7 Å². The van der Waals surface area contributed by atoms with Gasteiger partial charge in [0.25, 0.3) is 0 Å². The summed E-state index contributed by atoms with van der Waals surface area (Å²) in [5.41, 5.74) is 1.12. The minimum Gasteiger partial charge on any atom is -0.502 e. The second kappa shape index (κ2) is 10.8. The van der Waals surface area contributed by atoms with Crippen LogP contribution in [0.3, 0.4) is 0 Å². The Labute approximate surface area is 259 Å². The summed E-state index contributed by atoms with van der Waals surface area (Å²) in [4.78, 5) is 13.4. The maximum Gasteiger partial charge on any atom is 0.505 e. The number of cyclic esters (lactones) is 1. The first-order valence-electron chi connectivity index (χ1n) is 14.3. The Morgan fingerprint density at radius 2 is 1.52 bits per heavy atom. The van der Waals surface area contributed by atoms with E-state index in [0.29, 0.717) is 16.7 Å². The summed E-state index contributed by atoms with van der Waals surface area (Å²) in [7, 11) is 2.68. The fraction of sp³-hybridized carbons (Fsp3) is 0.552. The molecule has 17 nitrogen and oxygen atoms in total. The van der Waals surface area contributed by atoms with Crippen LogP contribution in [0, 0.1) is 11.8 Å². The maximum absolute atomic E-state index is 13.4. The van der Waals surface area contributed by atoms with Crippen molar-refractivity contribution in [2.45, 2.75) is 68.1 Å². The van der Waals surface area contributed by atoms with Gasteiger partial charge >= 0.3 is 18.1 Å². The lowest BCUT2D eigenvalue weighted by atomic mass is 9.66. The van der Waals surface area contributed by atoms with Crippen molar-refractivity contribution in [2.75, 3.05) is 20.8 Å². The van der Waals surface area contributed by atoms with E-state index in [1.807, 2.05) is 0 Å². The van der Waals surface area contributed by atoms with Crippen molar-refractivity contribution in [2.24, 2.45) is 11.8 Å². The monoisotopic (exact) mass is 652 g/mol. The minimum atomic E-state index is -3.00. The number of rotatable bonds is 5. The van der Waals surface area contributed by atoms with Crippen LogP contribution in [-0.4, -0.2) is 112 Å². The Morgan fingerprint density at radius 3 is 2.15 bits per heavy atom. The highest BCUT2D eigenvalue weighted by Crippen LogP contribution is 2.57. The average Bonchev–Trinajstić information content (AvgIpc) is 3.52. The summed E-state index contributed by atoms with van der Waals surface area (Å²) >= 11 is 0. The van der Waals surface area contributed by atoms with Gasteiger partial charge in [-0.05, 0) is 47.9 Å². The summed E-state index contributed by atoms with van der Waals surface area (Å²) < 4.78 is 49.0. The van der Waals surface area contributed by atoms with E-state index in [-0.39, 0.29) is 35.4 Å². The van der Waals surface area contributed by atoms with Gasteiger partial charge in [-0.3, -0.25) is 19.7 Å². The molecule has 17 heteroatoms. The SMILES string of the molecule is COc1cc(C2c3cc4c(cc3C(OC3OC5C(OC(C)OC5(O)O)C(O)C3O)C3COC(=O)C23)OC(O)(O)O4)cc(OC)c1O. The van der Waals surface area contributed by atoms with Crippen LogP contribution in [0.5, 0.6) is 28.7 Å². The Morgan fingerprint density at radius 1 is 0.891 bits per heavy atom. The number of aliphatic hydroxyl groups is 6. The number of benzene rings is 2. The van der Waals surface area contributed by atoms with Crippen LogP contribution in [0.2, 0.25) is 0 Å². The molecule has 3 saturated heterocycles. The summed E-state index contributed by atoms with van der Waals surface area (Å²) in [6.45, 7) is 1.20. The predicted octanol–water partition coefficient (Wildman–Crippen LogP) is -1.38. The van der Waals surface area contributed by atoms with Gasteiger partial charge in [0.1, 0.15) is 18.3 Å². The Bertz CT molecular complexity index is 1520. The van der Waals surface area contributed by atoms with Crippen molar-refractivity contribution in [1.29, 1.82) is 0 Å². The van der Waals surface area contributed by atoms with Gasteiger partial charge in [0.2, 0.25) is 5.75 Å². The molecule has 10 unspecified atom stereocenters. The Balaban J connectivity index is 1.34. The average molecular weight is 653 g/mol. The van der Waals surface area contributed by atoms with Crippen molar-refractivity contribution >= 4 is 5.97 Å². The van der Waals surface area contributed by atoms with Gasteiger partial charge in [0.15, 0.2) is 41.7 Å². The number of hydrogen-bond acceptors (Lipinski definition) is 17. The number of aromatic hydroxyl groups is 1. The minimum absolute atomic E-state index is 0.0488. The first-order chi connectivity index (χ1) is 21.7. The van der Waals surface area contributed by atoms with Crippen molar-refractivity contribution in [1.82, 2.24) is 0 Å². The highest BCUT2D eigenvalue weighted by Gasteiger charge is 2.60. The predicted molar refractivity (Wildman–Crippen MR) is 143 cm³/mol. The Hall–Kier alpha value is -3.49. The van der Waals surface area contributed by atoms with Gasteiger partial charge in [-0.25, -0.2) is 0 Å². The molecule has 0 radical (unpaired) electrons. The van der Waals surface area contributed by atoms with Crippen molar-refractivity contribution in [3.63, 3.8) is 0 Å². The fourth-order valence-electron chi connectivity index (χ4n) is 6.97. The van der Waals surface area contributed by atoms with Crippen LogP contribution < -0.4 is 18.9 Å². The molecule has 0 amide bonds. The van der Waals surface area contributed by atoms with Crippen LogP contribution >= 0.6 is 0 Å². The lowest BCUT2D eigenvalue weighted by Crippen LogP contribution is -2.70. The third-order valence-corrected chi connectivity index (χ3v) is 8.92. The number of esters is 1. The smallest absolute Gasteiger partial charge is 0.502 e. The molecule has 7 N–H and O–H groups in total. The molecule has 0 aromatic heterocycles. The molecule has 3 fully saturated rings. The summed E-state index contributed by atoms with van der Waals surface area (Å²) in [5.74, 6) is -6.50. The molecule has 2 aromatic carbocycles. The number of phenols is 1. The van der Waals surface area contributed by atoms with Crippen molar-refractivity contribution in [3.05, 3.63) is 41.0 Å². The Kier molecular flexibility index (Phi) is 7.29. The lowest BCUT2D eigenvalue weighted by molar-refractivity contribution is -0.497. The number of fused-ring (bicyclic) bond motifs is 4. The molecule has 0 bridgehead atoms. The molecule has 0 spiro atoms. The van der Waals surface area contributed by atoms with Gasteiger partial charge in [-0.1, -0.05) is 0 Å². The van der Waals surface area contributed by atoms with Crippen LogP contribution in [0.4, 0.5) is 0 Å². The molecule has 10 atom stereocenters. The van der Waals surface area contributed by atoms with Gasteiger partial charge in [-0.15, -0.1) is 0 Å². The zero-order valence-corrected chi connectivity index (χ0v) is 24.5. The summed E-state index contributed by atoms with van der Waals surface area (Å²) in [5, 5.41) is 73.7. The molecule has 0 saturated carbocycles. The molecular weight excluding hydrogens is 620 g/mol. The molecule has 250 valence electrons. The van der Waals surface area contributed by atoms with Gasteiger partial charge in [-0.2, -0.15) is 0 Å². The number of carbonyl (C=O) groups excluding carboxylic acids is 1. The lowest BCUT2D eigenvalue weighted by Gasteiger charge is -2.51. The van der Waals surface area contributed by atoms with Gasteiger partial charge in [0, 0.05) is 11.8 Å². The van der Waals surface area contributed by atoms with Crippen LogP contribution in [0.1, 0.15) is 35.6 Å². The molecule has 4 aliphatic heterocycles. The molecule has 5 aliphatic rings. The number of phenolic OH excluding ortho intramolecular Hbond substituents is 1. The number of aliphatic hydroxyl groups excluding tert-OH is 2. The van der Waals surface area contributed by atoms with E-state index >= 15 is 0 Å². The quantitative estimate of drug-likeness (QED) is 0.145.